The molecule has 29 heavy (non-hydrogen) atoms. The van der Waals surface area contributed by atoms with Crippen molar-refractivity contribution in [2.24, 2.45) is 0 Å². The zero-order chi connectivity index (χ0) is 21.1. The van der Waals surface area contributed by atoms with Crippen LogP contribution < -0.4 is 10.2 Å². The van der Waals surface area contributed by atoms with E-state index in [4.69, 9.17) is 21.6 Å². The van der Waals surface area contributed by atoms with Crippen LogP contribution in [0.4, 0.5) is 0 Å². The molecule has 2 aromatic carbocycles. The van der Waals surface area contributed by atoms with Gasteiger partial charge in [-0.25, -0.2) is 4.79 Å². The van der Waals surface area contributed by atoms with Gasteiger partial charge in [-0.05, 0) is 38.1 Å². The fraction of sp³-hybridized carbons (Fsp3) is 0.136. The van der Waals surface area contributed by atoms with E-state index in [1.807, 2.05) is 32.0 Å². The molecule has 0 saturated carbocycles. The summed E-state index contributed by atoms with van der Waals surface area (Å²) in [5, 5.41) is 18.9. The van der Waals surface area contributed by atoms with Crippen molar-refractivity contribution in [1.29, 1.82) is 5.26 Å². The van der Waals surface area contributed by atoms with Crippen LogP contribution in [0, 0.1) is 18.3 Å². The molecule has 1 heterocycles. The van der Waals surface area contributed by atoms with Gasteiger partial charge in [0.15, 0.2) is 0 Å². The van der Waals surface area contributed by atoms with Gasteiger partial charge in [-0.3, -0.25) is 4.79 Å². The number of aromatic carboxylic acids is 1. The molecule has 0 saturated heterocycles. The number of halogens is 1. The molecule has 0 spiro atoms. The number of ether oxygens (including phenoxy) is 1. The number of carboxylic acid groups (broad SMARTS) is 1. The summed E-state index contributed by atoms with van der Waals surface area (Å²) in [5.74, 6) is -0.625. The summed E-state index contributed by atoms with van der Waals surface area (Å²) < 4.78 is 7.49. The van der Waals surface area contributed by atoms with E-state index in [1.165, 1.54) is 18.2 Å². The van der Waals surface area contributed by atoms with E-state index in [1.54, 1.807) is 22.8 Å². The van der Waals surface area contributed by atoms with Crippen molar-refractivity contribution in [3.05, 3.63) is 80.5 Å². The molecule has 0 aliphatic heterocycles. The lowest BCUT2D eigenvalue weighted by molar-refractivity contribution is 0.0695. The summed E-state index contributed by atoms with van der Waals surface area (Å²) in [7, 11) is 0. The van der Waals surface area contributed by atoms with Crippen LogP contribution in [0.25, 0.3) is 11.3 Å². The third kappa shape index (κ3) is 4.00. The summed E-state index contributed by atoms with van der Waals surface area (Å²) in [4.78, 5) is 24.5. The van der Waals surface area contributed by atoms with Crippen molar-refractivity contribution in [2.45, 2.75) is 20.4 Å². The van der Waals surface area contributed by atoms with Crippen LogP contribution >= 0.6 is 11.6 Å². The Labute approximate surface area is 172 Å². The fourth-order valence-corrected chi connectivity index (χ4v) is 3.23. The molecule has 1 aromatic heterocycles. The van der Waals surface area contributed by atoms with E-state index >= 15 is 0 Å². The first-order valence-corrected chi connectivity index (χ1v) is 9.19. The molecule has 0 unspecified atom stereocenters. The number of aromatic nitrogens is 1. The number of carbonyl (C=O) groups is 1. The van der Waals surface area contributed by atoms with Crippen LogP contribution in [-0.4, -0.2) is 15.6 Å². The molecule has 0 aliphatic carbocycles. The number of rotatable bonds is 5. The largest absolute Gasteiger partial charge is 0.477 e. The Morgan fingerprint density at radius 2 is 1.90 bits per heavy atom. The Bertz CT molecular complexity index is 1190. The molecule has 0 bridgehead atoms. The highest BCUT2D eigenvalue weighted by Crippen LogP contribution is 2.31. The van der Waals surface area contributed by atoms with Crippen LogP contribution in [0.1, 0.15) is 28.4 Å². The number of benzene rings is 2. The van der Waals surface area contributed by atoms with Crippen molar-refractivity contribution in [3.63, 3.8) is 0 Å². The van der Waals surface area contributed by atoms with Crippen molar-refractivity contribution >= 4 is 17.6 Å². The summed E-state index contributed by atoms with van der Waals surface area (Å²) in [6.07, 6.45) is 0. The van der Waals surface area contributed by atoms with Gasteiger partial charge in [-0.15, -0.1) is 0 Å². The maximum atomic E-state index is 12.6. The molecule has 0 radical (unpaired) electrons. The Balaban J connectivity index is 2.27. The van der Waals surface area contributed by atoms with Gasteiger partial charge in [0.1, 0.15) is 17.4 Å². The Hall–Kier alpha value is -3.56. The van der Waals surface area contributed by atoms with Crippen molar-refractivity contribution in [1.82, 2.24) is 4.57 Å². The zero-order valence-corrected chi connectivity index (χ0v) is 16.5. The molecule has 146 valence electrons. The molecule has 6 nitrogen and oxygen atoms in total. The van der Waals surface area contributed by atoms with Crippen LogP contribution in [0.2, 0.25) is 5.02 Å². The van der Waals surface area contributed by atoms with E-state index in [9.17, 15) is 14.7 Å². The van der Waals surface area contributed by atoms with Gasteiger partial charge in [-0.1, -0.05) is 35.4 Å². The van der Waals surface area contributed by atoms with Gasteiger partial charge in [0, 0.05) is 18.2 Å². The number of aryl methyl sites for hydroxylation is 1. The van der Waals surface area contributed by atoms with E-state index in [-0.39, 0.29) is 27.7 Å². The minimum atomic E-state index is -1.35. The first-order chi connectivity index (χ1) is 13.8. The predicted molar refractivity (Wildman–Crippen MR) is 110 cm³/mol. The molecule has 1 N–H and O–H groups in total. The SMILES string of the molecule is CCn1c(Oc2ccc(C)cc2)cc(=O)c(C(=O)O)c1-c1ccc(C#N)c(Cl)c1. The molecule has 3 aromatic rings. The van der Waals surface area contributed by atoms with Crippen LogP contribution in [0.15, 0.2) is 53.3 Å². The number of hydrogen-bond donors (Lipinski definition) is 1. The number of nitriles is 1. The lowest BCUT2D eigenvalue weighted by Crippen LogP contribution is -2.21. The topological polar surface area (TPSA) is 92.3 Å². The van der Waals surface area contributed by atoms with Crippen LogP contribution in [0.3, 0.4) is 0 Å². The molecule has 0 aliphatic rings. The quantitative estimate of drug-likeness (QED) is 0.650. The molecular formula is C22H17ClN2O4. The van der Waals surface area contributed by atoms with Gasteiger partial charge in [0.2, 0.25) is 11.3 Å². The van der Waals surface area contributed by atoms with Gasteiger partial charge >= 0.3 is 5.97 Å². The average Bonchev–Trinajstić information content (AvgIpc) is 2.68. The fourth-order valence-electron chi connectivity index (χ4n) is 3.01. The first-order valence-electron chi connectivity index (χ1n) is 8.81. The summed E-state index contributed by atoms with van der Waals surface area (Å²) in [5.41, 5.74) is 0.813. The van der Waals surface area contributed by atoms with Crippen LogP contribution in [-0.2, 0) is 6.54 Å². The van der Waals surface area contributed by atoms with E-state index in [2.05, 4.69) is 0 Å². The van der Waals surface area contributed by atoms with Crippen molar-refractivity contribution in [3.8, 4) is 29.0 Å². The van der Waals surface area contributed by atoms with Gasteiger partial charge in [0.05, 0.1) is 16.3 Å². The van der Waals surface area contributed by atoms with E-state index in [0.29, 0.717) is 17.9 Å². The van der Waals surface area contributed by atoms with Gasteiger partial charge < -0.3 is 14.4 Å². The van der Waals surface area contributed by atoms with E-state index in [0.717, 1.165) is 5.56 Å². The highest BCUT2D eigenvalue weighted by Gasteiger charge is 2.23. The molecule has 7 heteroatoms. The Kier molecular flexibility index (Phi) is 5.71. The molecule has 0 atom stereocenters. The van der Waals surface area contributed by atoms with Gasteiger partial charge in [-0.2, -0.15) is 5.26 Å². The van der Waals surface area contributed by atoms with Gasteiger partial charge in [0.25, 0.3) is 0 Å². The summed E-state index contributed by atoms with van der Waals surface area (Å²) in [6, 6.07) is 14.9. The minimum absolute atomic E-state index is 0.168. The average molecular weight is 409 g/mol. The Morgan fingerprint density at radius 1 is 1.21 bits per heavy atom. The zero-order valence-electron chi connectivity index (χ0n) is 15.8. The standard InChI is InChI=1S/C22H17ClN2O4/c1-3-25-19(29-16-8-4-13(2)5-9-16)11-18(26)20(22(27)28)21(25)14-6-7-15(12-24)17(23)10-14/h4-11H,3H2,1-2H3,(H,27,28). The first kappa shape index (κ1) is 20.2. The second kappa shape index (κ2) is 8.21. The van der Waals surface area contributed by atoms with Crippen molar-refractivity contribution < 1.29 is 14.6 Å². The van der Waals surface area contributed by atoms with Crippen LogP contribution in [0.5, 0.6) is 11.6 Å². The highest BCUT2D eigenvalue weighted by molar-refractivity contribution is 6.32. The third-order valence-electron chi connectivity index (χ3n) is 4.41. The number of pyridine rings is 1. The Morgan fingerprint density at radius 3 is 2.45 bits per heavy atom. The predicted octanol–water partition coefficient (Wildman–Crippen LogP) is 4.86. The maximum absolute atomic E-state index is 12.6. The molecule has 3 rings (SSSR count). The maximum Gasteiger partial charge on any atom is 0.341 e. The normalized spacial score (nSPS) is 10.4. The van der Waals surface area contributed by atoms with Crippen molar-refractivity contribution in [2.75, 3.05) is 0 Å². The lowest BCUT2D eigenvalue weighted by atomic mass is 10.0. The molecule has 0 amide bonds. The summed E-state index contributed by atoms with van der Waals surface area (Å²) >= 11 is 6.14. The summed E-state index contributed by atoms with van der Waals surface area (Å²) in [6.45, 7) is 4.10. The monoisotopic (exact) mass is 408 g/mol. The number of carboxylic acids is 1. The molecular weight excluding hydrogens is 392 g/mol. The highest BCUT2D eigenvalue weighted by atomic mass is 35.5. The number of hydrogen-bond acceptors (Lipinski definition) is 4. The molecule has 0 fully saturated rings. The second-order valence-corrected chi connectivity index (χ2v) is 6.75. The minimum Gasteiger partial charge on any atom is -0.477 e. The lowest BCUT2D eigenvalue weighted by Gasteiger charge is -2.20. The third-order valence-corrected chi connectivity index (χ3v) is 4.72. The smallest absolute Gasteiger partial charge is 0.341 e. The number of nitrogens with zero attached hydrogens (tertiary/aromatic N) is 2. The van der Waals surface area contributed by atoms with E-state index < -0.39 is 11.4 Å². The second-order valence-electron chi connectivity index (χ2n) is 6.34.